The van der Waals surface area contributed by atoms with Crippen molar-refractivity contribution in [3.05, 3.63) is 88.2 Å². The smallest absolute Gasteiger partial charge is 0.255 e. The molecule has 0 saturated heterocycles. The molecule has 0 bridgehead atoms. The van der Waals surface area contributed by atoms with Crippen molar-refractivity contribution in [2.75, 3.05) is 39.2 Å². The topological polar surface area (TPSA) is 79.9 Å². The van der Waals surface area contributed by atoms with Gasteiger partial charge in [0.05, 0.1) is 25.5 Å². The van der Waals surface area contributed by atoms with Crippen LogP contribution in [0.4, 0.5) is 10.1 Å². The molecule has 1 heterocycles. The third kappa shape index (κ3) is 6.31. The molecule has 2 N–H and O–H groups in total. The maximum absolute atomic E-state index is 14.0. The maximum Gasteiger partial charge on any atom is 0.255 e. The zero-order valence-corrected chi connectivity index (χ0v) is 22.3. The first-order chi connectivity index (χ1) is 18.3. The summed E-state index contributed by atoms with van der Waals surface area (Å²) < 4.78 is 24.9. The Hall–Kier alpha value is -3.91. The zero-order chi connectivity index (χ0) is 27.2. The van der Waals surface area contributed by atoms with Gasteiger partial charge < -0.3 is 20.1 Å². The number of ether oxygens (including phenoxy) is 2. The highest BCUT2D eigenvalue weighted by atomic mass is 19.1. The molecule has 0 atom stereocenters. The van der Waals surface area contributed by atoms with Crippen LogP contribution in [-0.4, -0.2) is 50.6 Å². The van der Waals surface area contributed by atoms with Crippen molar-refractivity contribution >= 4 is 17.5 Å². The number of anilines is 1. The minimum atomic E-state index is -0.536. The first-order valence-corrected chi connectivity index (χ1v) is 12.7. The number of rotatable bonds is 9. The summed E-state index contributed by atoms with van der Waals surface area (Å²) in [6.45, 7) is 6.79. The van der Waals surface area contributed by atoms with E-state index in [2.05, 4.69) is 29.4 Å². The number of nitrogens with zero attached hydrogens (tertiary/aromatic N) is 1. The highest BCUT2D eigenvalue weighted by Crippen LogP contribution is 2.33. The lowest BCUT2D eigenvalue weighted by Gasteiger charge is -2.29. The molecule has 4 rings (SSSR count). The van der Waals surface area contributed by atoms with Crippen LogP contribution < -0.4 is 20.1 Å². The van der Waals surface area contributed by atoms with Gasteiger partial charge in [-0.05, 0) is 71.5 Å². The number of carbonyl (C=O) groups is 2. The average molecular weight is 520 g/mol. The number of methoxy groups -OCH3 is 2. The molecule has 0 saturated carbocycles. The Bertz CT molecular complexity index is 1310. The number of hydrogen-bond donors (Lipinski definition) is 2. The molecular formula is C30H34FN3O4. The standard InChI is InChI=1S/C30H34FN3O4/c1-19(2)20-5-7-21(8-6-20)29(35)33-26-17-24(31)9-10-25(26)30(36)32-12-14-34-13-11-22-15-27(37-3)28(38-4)16-23(22)18-34/h5-10,15-17,19H,11-14,18H2,1-4H3,(H,32,36)(H,33,35). The van der Waals surface area contributed by atoms with E-state index in [0.717, 1.165) is 30.8 Å². The highest BCUT2D eigenvalue weighted by Gasteiger charge is 2.20. The van der Waals surface area contributed by atoms with Gasteiger partial charge in [-0.2, -0.15) is 0 Å². The second kappa shape index (κ2) is 12.1. The van der Waals surface area contributed by atoms with E-state index in [4.69, 9.17) is 9.47 Å². The number of benzene rings is 3. The van der Waals surface area contributed by atoms with Crippen molar-refractivity contribution in [3.8, 4) is 11.5 Å². The number of fused-ring (bicyclic) bond motifs is 1. The first-order valence-electron chi connectivity index (χ1n) is 12.7. The maximum atomic E-state index is 14.0. The van der Waals surface area contributed by atoms with Gasteiger partial charge in [0, 0.05) is 31.7 Å². The Kier molecular flexibility index (Phi) is 8.63. The summed E-state index contributed by atoms with van der Waals surface area (Å²) in [5.41, 5.74) is 4.29. The summed E-state index contributed by atoms with van der Waals surface area (Å²) in [5.74, 6) is 0.450. The van der Waals surface area contributed by atoms with Crippen LogP contribution in [0.3, 0.4) is 0 Å². The second-order valence-electron chi connectivity index (χ2n) is 9.68. The normalized spacial score (nSPS) is 13.1. The summed E-state index contributed by atoms with van der Waals surface area (Å²) in [7, 11) is 3.25. The minimum Gasteiger partial charge on any atom is -0.493 e. The zero-order valence-electron chi connectivity index (χ0n) is 22.3. The Morgan fingerprint density at radius 3 is 2.29 bits per heavy atom. The third-order valence-electron chi connectivity index (χ3n) is 6.82. The summed E-state index contributed by atoms with van der Waals surface area (Å²) in [5, 5.41) is 5.60. The van der Waals surface area contributed by atoms with E-state index in [1.165, 1.54) is 29.3 Å². The number of nitrogens with one attached hydrogen (secondary N) is 2. The number of hydrogen-bond acceptors (Lipinski definition) is 5. The lowest BCUT2D eigenvalue weighted by Crippen LogP contribution is -2.38. The Balaban J connectivity index is 1.37. The van der Waals surface area contributed by atoms with E-state index in [1.54, 1.807) is 26.4 Å². The quantitative estimate of drug-likeness (QED) is 0.416. The van der Waals surface area contributed by atoms with Crippen LogP contribution in [0.2, 0.25) is 0 Å². The predicted molar refractivity (Wildman–Crippen MR) is 146 cm³/mol. The number of carbonyl (C=O) groups excluding carboxylic acids is 2. The number of amides is 2. The van der Waals surface area contributed by atoms with Gasteiger partial charge in [-0.25, -0.2) is 4.39 Å². The third-order valence-corrected chi connectivity index (χ3v) is 6.82. The van der Waals surface area contributed by atoms with Crippen LogP contribution in [0, 0.1) is 5.82 Å². The Labute approximate surface area is 222 Å². The van der Waals surface area contributed by atoms with Gasteiger partial charge in [0.1, 0.15) is 5.82 Å². The summed E-state index contributed by atoms with van der Waals surface area (Å²) in [6, 6.07) is 15.0. The molecule has 0 aliphatic carbocycles. The van der Waals surface area contributed by atoms with Crippen molar-refractivity contribution in [1.82, 2.24) is 10.2 Å². The van der Waals surface area contributed by atoms with Gasteiger partial charge >= 0.3 is 0 Å². The van der Waals surface area contributed by atoms with E-state index >= 15 is 0 Å². The average Bonchev–Trinajstić information content (AvgIpc) is 2.92. The summed E-state index contributed by atoms with van der Waals surface area (Å²) >= 11 is 0. The van der Waals surface area contributed by atoms with Crippen molar-refractivity contribution in [3.63, 3.8) is 0 Å². The monoisotopic (exact) mass is 519 g/mol. The van der Waals surface area contributed by atoms with Gasteiger partial charge in [-0.3, -0.25) is 14.5 Å². The molecule has 0 spiro atoms. The van der Waals surface area contributed by atoms with Crippen molar-refractivity contribution in [2.24, 2.45) is 0 Å². The molecule has 1 aliphatic rings. The predicted octanol–water partition coefficient (Wildman–Crippen LogP) is 5.01. The molecule has 0 aromatic heterocycles. The minimum absolute atomic E-state index is 0.133. The van der Waals surface area contributed by atoms with Gasteiger partial charge in [-0.1, -0.05) is 26.0 Å². The lowest BCUT2D eigenvalue weighted by molar-refractivity contribution is 0.0948. The molecule has 1 aliphatic heterocycles. The largest absolute Gasteiger partial charge is 0.493 e. The van der Waals surface area contributed by atoms with Crippen LogP contribution >= 0.6 is 0 Å². The molecule has 3 aromatic rings. The highest BCUT2D eigenvalue weighted by molar-refractivity contribution is 6.09. The summed E-state index contributed by atoms with van der Waals surface area (Å²) in [6.07, 6.45) is 0.871. The molecule has 3 aromatic carbocycles. The fourth-order valence-corrected chi connectivity index (χ4v) is 4.59. The van der Waals surface area contributed by atoms with Gasteiger partial charge in [0.2, 0.25) is 0 Å². The van der Waals surface area contributed by atoms with E-state index in [1.807, 2.05) is 24.3 Å². The second-order valence-corrected chi connectivity index (χ2v) is 9.68. The van der Waals surface area contributed by atoms with E-state index in [9.17, 15) is 14.0 Å². The molecule has 0 fully saturated rings. The van der Waals surface area contributed by atoms with E-state index in [0.29, 0.717) is 30.3 Å². The van der Waals surface area contributed by atoms with Crippen LogP contribution in [0.1, 0.15) is 57.2 Å². The molecule has 8 heteroatoms. The van der Waals surface area contributed by atoms with Crippen LogP contribution in [0.5, 0.6) is 11.5 Å². The molecule has 2 amide bonds. The van der Waals surface area contributed by atoms with E-state index in [-0.39, 0.29) is 17.2 Å². The molecule has 0 radical (unpaired) electrons. The molecule has 200 valence electrons. The van der Waals surface area contributed by atoms with Gasteiger partial charge in [-0.15, -0.1) is 0 Å². The van der Waals surface area contributed by atoms with Crippen LogP contribution in [0.25, 0.3) is 0 Å². The van der Waals surface area contributed by atoms with Crippen molar-refractivity contribution < 1.29 is 23.5 Å². The fraction of sp³-hybridized carbons (Fsp3) is 0.333. The van der Waals surface area contributed by atoms with Crippen molar-refractivity contribution in [2.45, 2.75) is 32.7 Å². The van der Waals surface area contributed by atoms with E-state index < -0.39 is 11.7 Å². The van der Waals surface area contributed by atoms with Gasteiger partial charge in [0.15, 0.2) is 11.5 Å². The Morgan fingerprint density at radius 2 is 1.63 bits per heavy atom. The molecule has 38 heavy (non-hydrogen) atoms. The van der Waals surface area contributed by atoms with Crippen LogP contribution in [-0.2, 0) is 13.0 Å². The Morgan fingerprint density at radius 1 is 0.947 bits per heavy atom. The van der Waals surface area contributed by atoms with Crippen LogP contribution in [0.15, 0.2) is 54.6 Å². The molecule has 0 unspecified atom stereocenters. The van der Waals surface area contributed by atoms with Gasteiger partial charge in [0.25, 0.3) is 11.8 Å². The summed E-state index contributed by atoms with van der Waals surface area (Å²) in [4.78, 5) is 28.0. The SMILES string of the molecule is COc1cc2c(cc1OC)CN(CCNC(=O)c1ccc(F)cc1NC(=O)c1ccc(C(C)C)cc1)CC2. The fourth-order valence-electron chi connectivity index (χ4n) is 4.59. The number of halogens is 1. The molecule has 7 nitrogen and oxygen atoms in total. The first kappa shape index (κ1) is 27.1. The molecular weight excluding hydrogens is 485 g/mol. The lowest BCUT2D eigenvalue weighted by atomic mass is 9.99. The van der Waals surface area contributed by atoms with Crippen molar-refractivity contribution in [1.29, 1.82) is 0 Å².